The monoisotopic (exact) mass is 222 g/mol. The van der Waals surface area contributed by atoms with E-state index in [-0.39, 0.29) is 17.6 Å². The van der Waals surface area contributed by atoms with Crippen LogP contribution in [0.15, 0.2) is 18.2 Å². The van der Waals surface area contributed by atoms with Gasteiger partial charge < -0.3 is 5.32 Å². The van der Waals surface area contributed by atoms with E-state index in [1.165, 1.54) is 12.1 Å². The molecule has 0 unspecified atom stereocenters. The summed E-state index contributed by atoms with van der Waals surface area (Å²) in [4.78, 5) is 21.8. The predicted molar refractivity (Wildman–Crippen MR) is 60.4 cm³/mol. The minimum atomic E-state index is -0.508. The van der Waals surface area contributed by atoms with Gasteiger partial charge in [-0.2, -0.15) is 0 Å². The minimum Gasteiger partial charge on any atom is -0.350 e. The predicted octanol–water partition coefficient (Wildman–Crippen LogP) is 2.04. The lowest BCUT2D eigenvalue weighted by molar-refractivity contribution is -0.384. The molecule has 0 saturated heterocycles. The van der Waals surface area contributed by atoms with Gasteiger partial charge in [0, 0.05) is 23.7 Å². The molecule has 1 amide bonds. The second-order valence-corrected chi connectivity index (χ2v) is 3.88. The number of nitro benzene ring substituents is 1. The number of rotatable bonds is 3. The molecule has 1 aromatic carbocycles. The summed E-state index contributed by atoms with van der Waals surface area (Å²) in [6.45, 7) is 5.42. The Morgan fingerprint density at radius 2 is 2.06 bits per heavy atom. The van der Waals surface area contributed by atoms with E-state index in [2.05, 4.69) is 5.32 Å². The number of carbonyl (C=O) groups excluding carboxylic acids is 1. The van der Waals surface area contributed by atoms with E-state index in [1.807, 2.05) is 13.8 Å². The van der Waals surface area contributed by atoms with Crippen molar-refractivity contribution in [2.45, 2.75) is 26.8 Å². The van der Waals surface area contributed by atoms with Crippen LogP contribution in [0.5, 0.6) is 0 Å². The van der Waals surface area contributed by atoms with E-state index >= 15 is 0 Å². The summed E-state index contributed by atoms with van der Waals surface area (Å²) >= 11 is 0. The van der Waals surface area contributed by atoms with Crippen LogP contribution in [0.4, 0.5) is 5.69 Å². The fraction of sp³-hybridized carbons (Fsp3) is 0.364. The molecule has 1 N–H and O–H groups in total. The van der Waals surface area contributed by atoms with Gasteiger partial charge in [0.2, 0.25) is 0 Å². The molecule has 1 aromatic rings. The molecule has 5 heteroatoms. The van der Waals surface area contributed by atoms with Gasteiger partial charge in [-0.3, -0.25) is 14.9 Å². The normalized spacial score (nSPS) is 10.2. The fourth-order valence-corrected chi connectivity index (χ4v) is 1.31. The first-order chi connectivity index (χ1) is 7.41. The van der Waals surface area contributed by atoms with Gasteiger partial charge >= 0.3 is 0 Å². The highest BCUT2D eigenvalue weighted by Crippen LogP contribution is 2.17. The zero-order valence-electron chi connectivity index (χ0n) is 9.48. The molecular weight excluding hydrogens is 208 g/mol. The van der Waals surface area contributed by atoms with Gasteiger partial charge in [-0.05, 0) is 26.3 Å². The molecule has 0 saturated carbocycles. The zero-order valence-corrected chi connectivity index (χ0v) is 9.48. The largest absolute Gasteiger partial charge is 0.350 e. The van der Waals surface area contributed by atoms with Crippen LogP contribution in [-0.2, 0) is 0 Å². The summed E-state index contributed by atoms with van der Waals surface area (Å²) < 4.78 is 0. The SMILES string of the molecule is Cc1ccc([N+](=O)[O-])cc1C(=O)NC(C)C. The van der Waals surface area contributed by atoms with E-state index in [9.17, 15) is 14.9 Å². The van der Waals surface area contributed by atoms with E-state index in [0.29, 0.717) is 5.56 Å². The molecule has 16 heavy (non-hydrogen) atoms. The summed E-state index contributed by atoms with van der Waals surface area (Å²) in [6.07, 6.45) is 0. The number of benzene rings is 1. The molecule has 86 valence electrons. The van der Waals surface area contributed by atoms with Crippen LogP contribution in [0.25, 0.3) is 0 Å². The second-order valence-electron chi connectivity index (χ2n) is 3.88. The maximum atomic E-state index is 11.7. The Morgan fingerprint density at radius 1 is 1.44 bits per heavy atom. The van der Waals surface area contributed by atoms with Gasteiger partial charge in [-0.1, -0.05) is 6.07 Å². The van der Waals surface area contributed by atoms with Crippen LogP contribution < -0.4 is 5.32 Å². The minimum absolute atomic E-state index is 0.00571. The molecular formula is C11H14N2O3. The Balaban J connectivity index is 3.07. The smallest absolute Gasteiger partial charge is 0.270 e. The molecule has 0 aliphatic carbocycles. The molecule has 0 spiro atoms. The Kier molecular flexibility index (Phi) is 3.60. The number of amides is 1. The summed E-state index contributed by atoms with van der Waals surface area (Å²) in [7, 11) is 0. The Morgan fingerprint density at radius 3 is 2.56 bits per heavy atom. The highest BCUT2D eigenvalue weighted by Gasteiger charge is 2.14. The van der Waals surface area contributed by atoms with Crippen molar-refractivity contribution in [3.05, 3.63) is 39.4 Å². The van der Waals surface area contributed by atoms with Gasteiger partial charge in [-0.25, -0.2) is 0 Å². The van der Waals surface area contributed by atoms with Crippen molar-refractivity contribution in [1.29, 1.82) is 0 Å². The zero-order chi connectivity index (χ0) is 12.3. The number of hydrogen-bond acceptors (Lipinski definition) is 3. The first-order valence-corrected chi connectivity index (χ1v) is 4.97. The Bertz CT molecular complexity index is 427. The molecule has 0 fully saturated rings. The van der Waals surface area contributed by atoms with Crippen molar-refractivity contribution in [3.8, 4) is 0 Å². The molecule has 1 rings (SSSR count). The van der Waals surface area contributed by atoms with Crippen molar-refractivity contribution < 1.29 is 9.72 Å². The standard InChI is InChI=1S/C11H14N2O3/c1-7(2)12-11(14)10-6-9(13(15)16)5-4-8(10)3/h4-7H,1-3H3,(H,12,14). The molecule has 0 aliphatic rings. The molecule has 5 nitrogen and oxygen atoms in total. The first-order valence-electron chi connectivity index (χ1n) is 4.97. The van der Waals surface area contributed by atoms with E-state index < -0.39 is 4.92 Å². The molecule has 0 heterocycles. The topological polar surface area (TPSA) is 72.2 Å². The van der Waals surface area contributed by atoms with Gasteiger partial charge in [0.15, 0.2) is 0 Å². The number of carbonyl (C=O) groups is 1. The lowest BCUT2D eigenvalue weighted by atomic mass is 10.1. The number of nitrogens with one attached hydrogen (secondary N) is 1. The van der Waals surface area contributed by atoms with Gasteiger partial charge in [-0.15, -0.1) is 0 Å². The summed E-state index contributed by atoms with van der Waals surface area (Å²) in [6, 6.07) is 4.27. The third-order valence-electron chi connectivity index (χ3n) is 2.10. The van der Waals surface area contributed by atoms with Gasteiger partial charge in [0.1, 0.15) is 0 Å². The number of nitrogens with zero attached hydrogens (tertiary/aromatic N) is 1. The van der Waals surface area contributed by atoms with Crippen molar-refractivity contribution in [3.63, 3.8) is 0 Å². The lowest BCUT2D eigenvalue weighted by Gasteiger charge is -2.09. The third-order valence-corrected chi connectivity index (χ3v) is 2.10. The van der Waals surface area contributed by atoms with Crippen LogP contribution in [0, 0.1) is 17.0 Å². The van der Waals surface area contributed by atoms with Crippen LogP contribution in [0.3, 0.4) is 0 Å². The number of hydrogen-bond donors (Lipinski definition) is 1. The molecule has 0 radical (unpaired) electrons. The average molecular weight is 222 g/mol. The summed E-state index contributed by atoms with van der Waals surface area (Å²) in [5.74, 6) is -0.281. The molecule has 0 bridgehead atoms. The van der Waals surface area contributed by atoms with Crippen LogP contribution in [0.1, 0.15) is 29.8 Å². The quantitative estimate of drug-likeness (QED) is 0.628. The average Bonchev–Trinajstić information content (AvgIpc) is 2.16. The summed E-state index contributed by atoms with van der Waals surface area (Å²) in [5.41, 5.74) is 1.01. The van der Waals surface area contributed by atoms with Crippen LogP contribution >= 0.6 is 0 Å². The maximum Gasteiger partial charge on any atom is 0.270 e. The second kappa shape index (κ2) is 4.74. The van der Waals surface area contributed by atoms with Crippen LogP contribution in [0.2, 0.25) is 0 Å². The first kappa shape index (κ1) is 12.2. The van der Waals surface area contributed by atoms with E-state index in [0.717, 1.165) is 5.56 Å². The van der Waals surface area contributed by atoms with Gasteiger partial charge in [0.05, 0.1) is 4.92 Å². The Hall–Kier alpha value is -1.91. The molecule has 0 aliphatic heterocycles. The number of aryl methyl sites for hydroxylation is 1. The third kappa shape index (κ3) is 2.79. The highest BCUT2D eigenvalue weighted by molar-refractivity contribution is 5.96. The molecule has 0 atom stereocenters. The number of nitro groups is 1. The maximum absolute atomic E-state index is 11.7. The van der Waals surface area contributed by atoms with Crippen molar-refractivity contribution >= 4 is 11.6 Å². The lowest BCUT2D eigenvalue weighted by Crippen LogP contribution is -2.30. The van der Waals surface area contributed by atoms with Crippen molar-refractivity contribution in [1.82, 2.24) is 5.32 Å². The molecule has 0 aromatic heterocycles. The van der Waals surface area contributed by atoms with E-state index in [1.54, 1.807) is 13.0 Å². The Labute approximate surface area is 93.6 Å². The van der Waals surface area contributed by atoms with Gasteiger partial charge in [0.25, 0.3) is 11.6 Å². The summed E-state index contributed by atoms with van der Waals surface area (Å²) in [5, 5.41) is 13.3. The highest BCUT2D eigenvalue weighted by atomic mass is 16.6. The van der Waals surface area contributed by atoms with Crippen molar-refractivity contribution in [2.75, 3.05) is 0 Å². The number of non-ortho nitro benzene ring substituents is 1. The van der Waals surface area contributed by atoms with Crippen LogP contribution in [-0.4, -0.2) is 16.9 Å². The fourth-order valence-electron chi connectivity index (χ4n) is 1.31. The van der Waals surface area contributed by atoms with Crippen molar-refractivity contribution in [2.24, 2.45) is 0 Å². The van der Waals surface area contributed by atoms with E-state index in [4.69, 9.17) is 0 Å².